The Morgan fingerprint density at radius 2 is 1.96 bits per heavy atom. The zero-order valence-electron chi connectivity index (χ0n) is 14.9. The van der Waals surface area contributed by atoms with Crippen LogP contribution in [0, 0.1) is 5.92 Å². The molecule has 9 nitrogen and oxygen atoms in total. The Morgan fingerprint density at radius 1 is 1.28 bits per heavy atom. The molecule has 3 fully saturated rings. The summed E-state index contributed by atoms with van der Waals surface area (Å²) in [5, 5.41) is 2.00. The molecule has 0 aromatic carbocycles. The second kappa shape index (κ2) is 6.43. The lowest BCUT2D eigenvalue weighted by Gasteiger charge is -2.37. The van der Waals surface area contributed by atoms with Crippen molar-refractivity contribution in [1.29, 1.82) is 0 Å². The van der Waals surface area contributed by atoms with E-state index in [1.54, 1.807) is 20.8 Å². The number of carbonyl (C=O) groups is 1. The summed E-state index contributed by atoms with van der Waals surface area (Å²) in [4.78, 5) is 11.4. The standard InChI is InChI=1S/C15H25NO8S/c1-7(2)25(18,19)20-6-9-10(22-13-8(3)12(17)16-13)11-14(21-9)24-15(4,5)23-11/h7-11,13-14H,6H2,1-5H3,(H,16,17)/t8-,9-,10+,11-,13-,14-/m1/s1. The summed E-state index contributed by atoms with van der Waals surface area (Å²) >= 11 is 0. The highest BCUT2D eigenvalue weighted by atomic mass is 32.2. The molecule has 0 aliphatic carbocycles. The fraction of sp³-hybridized carbons (Fsp3) is 0.933. The Morgan fingerprint density at radius 3 is 2.52 bits per heavy atom. The van der Waals surface area contributed by atoms with Crippen LogP contribution in [-0.4, -0.2) is 62.8 Å². The van der Waals surface area contributed by atoms with E-state index in [4.69, 9.17) is 23.1 Å². The number of fused-ring (bicyclic) bond motifs is 1. The highest BCUT2D eigenvalue weighted by molar-refractivity contribution is 7.87. The minimum Gasteiger partial charge on any atom is -0.349 e. The van der Waals surface area contributed by atoms with Crippen LogP contribution in [0.4, 0.5) is 0 Å². The van der Waals surface area contributed by atoms with Gasteiger partial charge in [0, 0.05) is 0 Å². The summed E-state index contributed by atoms with van der Waals surface area (Å²) in [7, 11) is -3.68. The Balaban J connectivity index is 1.69. The van der Waals surface area contributed by atoms with Crippen molar-refractivity contribution < 1.29 is 36.3 Å². The van der Waals surface area contributed by atoms with E-state index >= 15 is 0 Å². The third kappa shape index (κ3) is 3.69. The lowest BCUT2D eigenvalue weighted by Crippen LogP contribution is -2.60. The molecule has 3 saturated heterocycles. The van der Waals surface area contributed by atoms with Gasteiger partial charge in [-0.1, -0.05) is 0 Å². The molecule has 0 spiro atoms. The Hall–Kier alpha value is -0.780. The third-order valence-electron chi connectivity index (χ3n) is 4.52. The van der Waals surface area contributed by atoms with Crippen LogP contribution in [0.15, 0.2) is 0 Å². The van der Waals surface area contributed by atoms with Gasteiger partial charge in [0.1, 0.15) is 24.5 Å². The minimum atomic E-state index is -3.68. The van der Waals surface area contributed by atoms with Crippen molar-refractivity contribution in [3.63, 3.8) is 0 Å². The van der Waals surface area contributed by atoms with Crippen molar-refractivity contribution in [3.8, 4) is 0 Å². The molecule has 0 bridgehead atoms. The van der Waals surface area contributed by atoms with E-state index in [-0.39, 0.29) is 18.4 Å². The van der Waals surface area contributed by atoms with Gasteiger partial charge in [-0.05, 0) is 34.6 Å². The normalized spacial score (nSPS) is 40.0. The van der Waals surface area contributed by atoms with Crippen LogP contribution in [0.2, 0.25) is 0 Å². The van der Waals surface area contributed by atoms with Crippen LogP contribution in [0.25, 0.3) is 0 Å². The highest BCUT2D eigenvalue weighted by Gasteiger charge is 2.57. The van der Waals surface area contributed by atoms with Gasteiger partial charge in [0.15, 0.2) is 12.1 Å². The predicted octanol–water partition coefficient (Wildman–Crippen LogP) is 0.0948. The molecule has 0 aromatic rings. The molecule has 3 heterocycles. The summed E-state index contributed by atoms with van der Waals surface area (Å²) < 4.78 is 52.1. The van der Waals surface area contributed by atoms with Gasteiger partial charge in [-0.3, -0.25) is 8.98 Å². The molecule has 1 N–H and O–H groups in total. The maximum absolute atomic E-state index is 11.9. The number of hydrogen-bond donors (Lipinski definition) is 1. The molecule has 3 aliphatic heterocycles. The van der Waals surface area contributed by atoms with E-state index in [0.29, 0.717) is 0 Å². The molecule has 6 atom stereocenters. The Labute approximate surface area is 147 Å². The Kier molecular flexibility index (Phi) is 4.89. The van der Waals surface area contributed by atoms with E-state index in [0.717, 1.165) is 0 Å². The van der Waals surface area contributed by atoms with E-state index in [1.165, 1.54) is 13.8 Å². The summed E-state index contributed by atoms with van der Waals surface area (Å²) in [6.07, 6.45) is -3.00. The van der Waals surface area contributed by atoms with E-state index in [9.17, 15) is 13.2 Å². The lowest BCUT2D eigenvalue weighted by molar-refractivity contribution is -0.230. The summed E-state index contributed by atoms with van der Waals surface area (Å²) in [6, 6.07) is 0. The molecule has 0 radical (unpaired) electrons. The molecule has 0 unspecified atom stereocenters. The molecule has 25 heavy (non-hydrogen) atoms. The van der Waals surface area contributed by atoms with Crippen LogP contribution in [-0.2, 0) is 38.0 Å². The summed E-state index contributed by atoms with van der Waals surface area (Å²) in [5.74, 6) is -1.23. The Bertz CT molecular complexity index is 633. The first-order chi connectivity index (χ1) is 11.5. The minimum absolute atomic E-state index is 0.0976. The molecular weight excluding hydrogens is 354 g/mol. The fourth-order valence-electron chi connectivity index (χ4n) is 2.90. The van der Waals surface area contributed by atoms with E-state index in [1.807, 2.05) is 0 Å². The van der Waals surface area contributed by atoms with Gasteiger partial charge < -0.3 is 24.3 Å². The van der Waals surface area contributed by atoms with Gasteiger partial charge in [-0.25, -0.2) is 0 Å². The van der Waals surface area contributed by atoms with E-state index < -0.39 is 52.0 Å². The van der Waals surface area contributed by atoms with Gasteiger partial charge in [0.25, 0.3) is 10.1 Å². The summed E-state index contributed by atoms with van der Waals surface area (Å²) in [5.41, 5.74) is 0. The van der Waals surface area contributed by atoms with E-state index in [2.05, 4.69) is 5.32 Å². The molecule has 3 aliphatic rings. The number of amides is 1. The van der Waals surface area contributed by atoms with Gasteiger partial charge >= 0.3 is 0 Å². The van der Waals surface area contributed by atoms with Gasteiger partial charge in [0.2, 0.25) is 5.91 Å². The van der Waals surface area contributed by atoms with Crippen molar-refractivity contribution >= 4 is 16.0 Å². The quantitative estimate of drug-likeness (QED) is 0.511. The second-order valence-electron chi connectivity index (χ2n) is 7.29. The van der Waals surface area contributed by atoms with Crippen molar-refractivity contribution in [2.45, 2.75) is 76.5 Å². The number of rotatable bonds is 6. The number of nitrogens with one attached hydrogen (secondary N) is 1. The van der Waals surface area contributed by atoms with Crippen LogP contribution < -0.4 is 5.32 Å². The number of β-lactam (4-membered cyclic amide) rings is 1. The predicted molar refractivity (Wildman–Crippen MR) is 84.7 cm³/mol. The molecule has 144 valence electrons. The maximum atomic E-state index is 11.9. The monoisotopic (exact) mass is 379 g/mol. The lowest BCUT2D eigenvalue weighted by atomic mass is 10.0. The first-order valence-corrected chi connectivity index (χ1v) is 9.82. The molecule has 3 rings (SSSR count). The second-order valence-corrected chi connectivity index (χ2v) is 9.45. The van der Waals surface area contributed by atoms with Crippen LogP contribution in [0.3, 0.4) is 0 Å². The van der Waals surface area contributed by atoms with Crippen molar-refractivity contribution in [2.24, 2.45) is 5.92 Å². The molecule has 1 amide bonds. The summed E-state index contributed by atoms with van der Waals surface area (Å²) in [6.45, 7) is 8.13. The van der Waals surface area contributed by atoms with Crippen molar-refractivity contribution in [2.75, 3.05) is 6.61 Å². The number of ether oxygens (including phenoxy) is 4. The smallest absolute Gasteiger partial charge is 0.269 e. The average molecular weight is 379 g/mol. The average Bonchev–Trinajstić information content (AvgIpc) is 2.97. The van der Waals surface area contributed by atoms with Crippen molar-refractivity contribution in [1.82, 2.24) is 5.32 Å². The molecular formula is C15H25NO8S. The highest BCUT2D eigenvalue weighted by Crippen LogP contribution is 2.40. The molecule has 0 saturated carbocycles. The van der Waals surface area contributed by atoms with Gasteiger partial charge in [-0.2, -0.15) is 8.42 Å². The SMILES string of the molecule is CC(C)S(=O)(=O)OC[C@H]1O[C@@H]2OC(C)(C)O[C@@H]2[C@H]1O[C@H]1NC(=O)[C@H]1C. The fourth-order valence-corrected chi connectivity index (χ4v) is 3.50. The zero-order chi connectivity index (χ0) is 18.6. The maximum Gasteiger partial charge on any atom is 0.269 e. The van der Waals surface area contributed by atoms with Crippen molar-refractivity contribution in [3.05, 3.63) is 0 Å². The topological polar surface area (TPSA) is 109 Å². The van der Waals surface area contributed by atoms with Crippen LogP contribution in [0.1, 0.15) is 34.6 Å². The third-order valence-corrected chi connectivity index (χ3v) is 6.14. The molecule has 10 heteroatoms. The number of carbonyl (C=O) groups excluding carboxylic acids is 1. The first-order valence-electron chi connectivity index (χ1n) is 8.35. The largest absolute Gasteiger partial charge is 0.349 e. The van der Waals surface area contributed by atoms with Gasteiger partial charge in [-0.15, -0.1) is 0 Å². The number of hydrogen-bond acceptors (Lipinski definition) is 8. The van der Waals surface area contributed by atoms with Crippen LogP contribution >= 0.6 is 0 Å². The van der Waals surface area contributed by atoms with Crippen LogP contribution in [0.5, 0.6) is 0 Å². The molecule has 0 aromatic heterocycles. The van der Waals surface area contributed by atoms with Gasteiger partial charge in [0.05, 0.1) is 17.8 Å². The zero-order valence-corrected chi connectivity index (χ0v) is 15.7. The first kappa shape index (κ1) is 19.0.